The van der Waals surface area contributed by atoms with Crippen LogP contribution in [-0.2, 0) is 24.6 Å². The lowest BCUT2D eigenvalue weighted by molar-refractivity contribution is -0.149. The molecule has 204 valence electrons. The largest absolute Gasteiger partial charge is 0.325 e. The number of benzene rings is 2. The molecule has 4 amide bonds. The number of fused-ring (bicyclic) bond motifs is 3. The number of likely N-dealkylation sites (tertiary alicyclic amines) is 1. The summed E-state index contributed by atoms with van der Waals surface area (Å²) in [6, 6.07) is 16.4. The second-order valence-corrected chi connectivity index (χ2v) is 10.8. The van der Waals surface area contributed by atoms with Crippen LogP contribution < -0.4 is 10.6 Å². The summed E-state index contributed by atoms with van der Waals surface area (Å²) in [6.07, 6.45) is 2.07. The standard InChI is InChI=1S/C30H30N6O4/c1-18(2)13-25(35(3)28(39)26(37)33-20-11-10-19-7-6-12-32-24(19)14-20)27(38)36-17-30(15-21(36)16-31)22-8-4-5-9-23(22)34-29(30)40/h4-12,14,18,21,25H,13,15,17H2,1-3H3,(H,33,37)(H,34,40)/t21-,25-,30-/m0/s1. The maximum absolute atomic E-state index is 14.0. The zero-order chi connectivity index (χ0) is 28.6. The summed E-state index contributed by atoms with van der Waals surface area (Å²) in [7, 11) is 1.42. The van der Waals surface area contributed by atoms with E-state index in [0.29, 0.717) is 16.9 Å². The Morgan fingerprint density at radius 3 is 2.73 bits per heavy atom. The van der Waals surface area contributed by atoms with Crippen LogP contribution in [0.5, 0.6) is 0 Å². The van der Waals surface area contributed by atoms with Gasteiger partial charge in [0.1, 0.15) is 12.1 Å². The molecule has 2 aliphatic heterocycles. The molecular formula is C30H30N6O4. The number of hydrogen-bond donors (Lipinski definition) is 2. The van der Waals surface area contributed by atoms with E-state index in [4.69, 9.17) is 0 Å². The molecule has 0 bridgehead atoms. The van der Waals surface area contributed by atoms with E-state index in [1.165, 1.54) is 11.9 Å². The highest BCUT2D eigenvalue weighted by Crippen LogP contribution is 2.46. The fraction of sp³-hybridized carbons (Fsp3) is 0.333. The molecule has 1 spiro atoms. The van der Waals surface area contributed by atoms with E-state index in [1.807, 2.05) is 44.2 Å². The van der Waals surface area contributed by atoms with Crippen LogP contribution in [0.25, 0.3) is 10.9 Å². The number of likely N-dealkylation sites (N-methyl/N-ethyl adjacent to an activating group) is 1. The summed E-state index contributed by atoms with van der Waals surface area (Å²) >= 11 is 0. The zero-order valence-corrected chi connectivity index (χ0v) is 22.5. The Morgan fingerprint density at radius 1 is 1.20 bits per heavy atom. The number of amides is 4. The number of rotatable bonds is 5. The van der Waals surface area contributed by atoms with Gasteiger partial charge in [-0.05, 0) is 42.2 Å². The predicted octanol–water partition coefficient (Wildman–Crippen LogP) is 3.06. The van der Waals surface area contributed by atoms with Crippen molar-refractivity contribution < 1.29 is 19.2 Å². The Bertz CT molecular complexity index is 1560. The number of nitriles is 1. The van der Waals surface area contributed by atoms with E-state index in [0.717, 1.165) is 15.8 Å². The Kier molecular flexibility index (Phi) is 6.98. The number of anilines is 2. The summed E-state index contributed by atoms with van der Waals surface area (Å²) in [5.74, 6) is -2.48. The number of aromatic nitrogens is 1. The van der Waals surface area contributed by atoms with Gasteiger partial charge in [0.2, 0.25) is 11.8 Å². The van der Waals surface area contributed by atoms with Crippen molar-refractivity contribution in [1.29, 1.82) is 5.26 Å². The molecule has 2 aliphatic rings. The van der Waals surface area contributed by atoms with E-state index in [9.17, 15) is 24.4 Å². The third-order valence-corrected chi connectivity index (χ3v) is 7.74. The number of nitrogens with one attached hydrogen (secondary N) is 2. The van der Waals surface area contributed by atoms with Crippen molar-refractivity contribution in [2.45, 2.75) is 44.2 Å². The van der Waals surface area contributed by atoms with Crippen LogP contribution in [0.2, 0.25) is 0 Å². The highest BCUT2D eigenvalue weighted by molar-refractivity contribution is 6.40. The first kappa shape index (κ1) is 26.8. The summed E-state index contributed by atoms with van der Waals surface area (Å²) in [5.41, 5.74) is 1.45. The third-order valence-electron chi connectivity index (χ3n) is 7.74. The normalized spacial score (nSPS) is 20.2. The van der Waals surface area contributed by atoms with E-state index in [2.05, 4.69) is 21.7 Å². The van der Waals surface area contributed by atoms with Gasteiger partial charge in [-0.15, -0.1) is 0 Å². The number of pyridine rings is 1. The molecule has 10 nitrogen and oxygen atoms in total. The van der Waals surface area contributed by atoms with Gasteiger partial charge in [-0.3, -0.25) is 24.2 Å². The average molecular weight is 539 g/mol. The number of carbonyl (C=O) groups is 4. The first-order valence-corrected chi connectivity index (χ1v) is 13.2. The van der Waals surface area contributed by atoms with Crippen molar-refractivity contribution in [3.05, 3.63) is 66.4 Å². The Balaban J connectivity index is 1.37. The summed E-state index contributed by atoms with van der Waals surface area (Å²) in [6.45, 7) is 3.84. The third kappa shape index (κ3) is 4.64. The topological polar surface area (TPSA) is 136 Å². The quantitative estimate of drug-likeness (QED) is 0.480. The molecule has 0 saturated carbocycles. The van der Waals surface area contributed by atoms with Gasteiger partial charge in [-0.25, -0.2) is 0 Å². The van der Waals surface area contributed by atoms with Crippen LogP contribution in [0.1, 0.15) is 32.3 Å². The second-order valence-electron chi connectivity index (χ2n) is 10.8. The van der Waals surface area contributed by atoms with Crippen molar-refractivity contribution in [3.8, 4) is 6.07 Å². The number of para-hydroxylation sites is 1. The highest BCUT2D eigenvalue weighted by atomic mass is 16.2. The number of hydrogen-bond acceptors (Lipinski definition) is 6. The minimum absolute atomic E-state index is 0.00595. The lowest BCUT2D eigenvalue weighted by Crippen LogP contribution is -2.53. The van der Waals surface area contributed by atoms with Crippen molar-refractivity contribution in [2.24, 2.45) is 5.92 Å². The maximum Gasteiger partial charge on any atom is 0.313 e. The fourth-order valence-electron chi connectivity index (χ4n) is 5.68. The molecule has 0 aliphatic carbocycles. The molecule has 3 heterocycles. The van der Waals surface area contributed by atoms with Crippen molar-refractivity contribution in [2.75, 3.05) is 24.2 Å². The van der Waals surface area contributed by atoms with Crippen LogP contribution >= 0.6 is 0 Å². The van der Waals surface area contributed by atoms with Crippen molar-refractivity contribution in [1.82, 2.24) is 14.8 Å². The Morgan fingerprint density at radius 2 is 1.98 bits per heavy atom. The minimum Gasteiger partial charge on any atom is -0.325 e. The molecule has 40 heavy (non-hydrogen) atoms. The molecule has 3 aromatic rings. The Hall–Kier alpha value is -4.78. The smallest absolute Gasteiger partial charge is 0.313 e. The summed E-state index contributed by atoms with van der Waals surface area (Å²) < 4.78 is 0. The van der Waals surface area contributed by atoms with Crippen molar-refractivity contribution in [3.63, 3.8) is 0 Å². The van der Waals surface area contributed by atoms with E-state index < -0.39 is 35.2 Å². The van der Waals surface area contributed by atoms with Gasteiger partial charge in [0.25, 0.3) is 0 Å². The molecule has 1 aromatic heterocycles. The molecule has 5 rings (SSSR count). The van der Waals surface area contributed by atoms with Gasteiger partial charge in [-0.2, -0.15) is 5.26 Å². The fourth-order valence-corrected chi connectivity index (χ4v) is 5.68. The predicted molar refractivity (Wildman–Crippen MR) is 149 cm³/mol. The molecule has 2 aromatic carbocycles. The lowest BCUT2D eigenvalue weighted by atomic mass is 9.80. The van der Waals surface area contributed by atoms with Crippen molar-refractivity contribution >= 4 is 45.9 Å². The van der Waals surface area contributed by atoms with Gasteiger partial charge in [-0.1, -0.05) is 44.2 Å². The zero-order valence-electron chi connectivity index (χ0n) is 22.5. The van der Waals surface area contributed by atoms with E-state index in [-0.39, 0.29) is 31.2 Å². The van der Waals surface area contributed by atoms with Crippen LogP contribution in [0.15, 0.2) is 60.8 Å². The van der Waals surface area contributed by atoms with Gasteiger partial charge in [0.15, 0.2) is 0 Å². The molecule has 1 saturated heterocycles. The molecule has 1 fully saturated rings. The highest BCUT2D eigenvalue weighted by Gasteiger charge is 2.56. The van der Waals surface area contributed by atoms with Crippen LogP contribution in [-0.4, -0.2) is 64.1 Å². The van der Waals surface area contributed by atoms with E-state index in [1.54, 1.807) is 30.5 Å². The average Bonchev–Trinajstić information content (AvgIpc) is 3.48. The molecular weight excluding hydrogens is 508 g/mol. The Labute approximate surface area is 232 Å². The lowest BCUT2D eigenvalue weighted by Gasteiger charge is -2.33. The van der Waals surface area contributed by atoms with Gasteiger partial charge < -0.3 is 20.4 Å². The van der Waals surface area contributed by atoms with E-state index >= 15 is 0 Å². The second kappa shape index (κ2) is 10.4. The molecule has 10 heteroatoms. The van der Waals surface area contributed by atoms with Crippen LogP contribution in [0.3, 0.4) is 0 Å². The van der Waals surface area contributed by atoms with Gasteiger partial charge in [0, 0.05) is 43.0 Å². The first-order chi connectivity index (χ1) is 19.1. The molecule has 2 N–H and O–H groups in total. The summed E-state index contributed by atoms with van der Waals surface area (Å²) in [4.78, 5) is 60.2. The summed E-state index contributed by atoms with van der Waals surface area (Å²) in [5, 5.41) is 16.4. The minimum atomic E-state index is -1.04. The molecule has 0 unspecified atom stereocenters. The first-order valence-electron chi connectivity index (χ1n) is 13.2. The van der Waals surface area contributed by atoms with Gasteiger partial charge in [0.05, 0.1) is 17.0 Å². The SMILES string of the molecule is CC(C)C[C@@H](C(=O)N1C[C@]2(C[C@H]1C#N)C(=O)Nc1ccccc12)N(C)C(=O)C(=O)Nc1ccc2cccnc2c1. The number of carbonyl (C=O) groups excluding carboxylic acids is 4. The number of nitrogens with zero attached hydrogens (tertiary/aromatic N) is 4. The monoisotopic (exact) mass is 538 g/mol. The molecule has 3 atom stereocenters. The van der Waals surface area contributed by atoms with Gasteiger partial charge >= 0.3 is 11.8 Å². The maximum atomic E-state index is 14.0. The molecule has 0 radical (unpaired) electrons. The van der Waals surface area contributed by atoms with Crippen LogP contribution in [0.4, 0.5) is 11.4 Å². The van der Waals surface area contributed by atoms with Crippen LogP contribution in [0, 0.1) is 17.2 Å².